The van der Waals surface area contributed by atoms with Gasteiger partial charge in [-0.2, -0.15) is 10.2 Å². The number of carbonyl (C=O) groups excluding carboxylic acids is 1. The van der Waals surface area contributed by atoms with Crippen molar-refractivity contribution in [2.75, 3.05) is 26.3 Å². The van der Waals surface area contributed by atoms with Crippen LogP contribution >= 0.6 is 0 Å². The maximum Gasteiger partial charge on any atom is 0.251 e. The largest absolute Gasteiger partial charge is 0.378 e. The normalized spacial score (nSPS) is 23.3. The van der Waals surface area contributed by atoms with E-state index in [9.17, 15) is 4.79 Å². The first-order chi connectivity index (χ1) is 12.7. The summed E-state index contributed by atoms with van der Waals surface area (Å²) >= 11 is 0. The summed E-state index contributed by atoms with van der Waals surface area (Å²) in [5.41, 5.74) is 3.17. The van der Waals surface area contributed by atoms with Gasteiger partial charge in [0.1, 0.15) is 0 Å². The van der Waals surface area contributed by atoms with E-state index in [0.717, 1.165) is 30.0 Å². The number of benzene rings is 1. The molecule has 4 rings (SSSR count). The minimum Gasteiger partial charge on any atom is -0.378 e. The van der Waals surface area contributed by atoms with Crippen LogP contribution in [0, 0.1) is 6.92 Å². The minimum atomic E-state index is -0.0633. The molecular weight excluding hydrogens is 328 g/mol. The summed E-state index contributed by atoms with van der Waals surface area (Å²) < 4.78 is 5.65. The lowest BCUT2D eigenvalue weighted by Gasteiger charge is -2.27. The van der Waals surface area contributed by atoms with Gasteiger partial charge in [0, 0.05) is 11.1 Å². The average molecular weight is 352 g/mol. The monoisotopic (exact) mass is 352 g/mol. The predicted molar refractivity (Wildman–Crippen MR) is 98.9 cm³/mol. The standard InChI is InChI=1S/C20H24N4O2/c1-14-7-8-17(23-22-14)15-5-4-6-16(11-15)20(25)21-18-12-26-13-19(18)24-9-2-3-10-24/h4-8,11,18-19H,2-3,9-10,12-13H2,1H3,(H,21,25). The minimum absolute atomic E-state index is 0.0448. The number of rotatable bonds is 4. The van der Waals surface area contributed by atoms with E-state index in [0.29, 0.717) is 18.8 Å². The first-order valence-corrected chi connectivity index (χ1v) is 9.24. The van der Waals surface area contributed by atoms with E-state index in [2.05, 4.69) is 20.4 Å². The van der Waals surface area contributed by atoms with E-state index in [1.807, 2.05) is 43.3 Å². The molecule has 26 heavy (non-hydrogen) atoms. The molecule has 1 aromatic heterocycles. The molecule has 2 aromatic rings. The van der Waals surface area contributed by atoms with Gasteiger partial charge in [0.2, 0.25) is 0 Å². The molecule has 2 atom stereocenters. The van der Waals surface area contributed by atoms with Gasteiger partial charge in [-0.05, 0) is 57.1 Å². The van der Waals surface area contributed by atoms with E-state index in [1.54, 1.807) is 0 Å². The van der Waals surface area contributed by atoms with Gasteiger partial charge < -0.3 is 10.1 Å². The first-order valence-electron chi connectivity index (χ1n) is 9.24. The molecule has 0 spiro atoms. The lowest BCUT2D eigenvalue weighted by Crippen LogP contribution is -2.50. The highest BCUT2D eigenvalue weighted by Gasteiger charge is 2.35. The van der Waals surface area contributed by atoms with Crippen molar-refractivity contribution in [2.45, 2.75) is 31.8 Å². The second kappa shape index (κ2) is 7.51. The molecule has 2 saturated heterocycles. The van der Waals surface area contributed by atoms with Crippen molar-refractivity contribution >= 4 is 5.91 Å². The molecule has 136 valence electrons. The third-order valence-electron chi connectivity index (χ3n) is 5.20. The Hall–Kier alpha value is -2.31. The molecule has 0 saturated carbocycles. The topological polar surface area (TPSA) is 67.3 Å². The third-order valence-corrected chi connectivity index (χ3v) is 5.20. The fraction of sp³-hybridized carbons (Fsp3) is 0.450. The van der Waals surface area contributed by atoms with Gasteiger partial charge in [-0.1, -0.05) is 12.1 Å². The number of nitrogens with one attached hydrogen (secondary N) is 1. The fourth-order valence-corrected chi connectivity index (χ4v) is 3.74. The zero-order valence-electron chi connectivity index (χ0n) is 15.0. The maximum absolute atomic E-state index is 12.8. The fourth-order valence-electron chi connectivity index (χ4n) is 3.74. The van der Waals surface area contributed by atoms with E-state index in [1.165, 1.54) is 12.8 Å². The van der Waals surface area contributed by atoms with Crippen LogP contribution in [0.3, 0.4) is 0 Å². The molecule has 2 aliphatic rings. The molecule has 0 radical (unpaired) electrons. The lowest BCUT2D eigenvalue weighted by molar-refractivity contribution is 0.0916. The van der Waals surface area contributed by atoms with Crippen molar-refractivity contribution in [1.29, 1.82) is 0 Å². The zero-order valence-corrected chi connectivity index (χ0v) is 15.0. The number of ether oxygens (including phenoxy) is 1. The SMILES string of the molecule is Cc1ccc(-c2cccc(C(=O)NC3COCC3N3CCCC3)c2)nn1. The number of nitrogens with zero attached hydrogens (tertiary/aromatic N) is 3. The van der Waals surface area contributed by atoms with Crippen molar-refractivity contribution < 1.29 is 9.53 Å². The summed E-state index contributed by atoms with van der Waals surface area (Å²) in [6.07, 6.45) is 2.47. The zero-order chi connectivity index (χ0) is 17.9. The van der Waals surface area contributed by atoms with Crippen LogP contribution in [-0.2, 0) is 4.74 Å². The van der Waals surface area contributed by atoms with Crippen LogP contribution in [0.5, 0.6) is 0 Å². The number of likely N-dealkylation sites (tertiary alicyclic amines) is 1. The first kappa shape index (κ1) is 17.1. The number of hydrogen-bond donors (Lipinski definition) is 1. The van der Waals surface area contributed by atoms with Crippen molar-refractivity contribution in [3.63, 3.8) is 0 Å². The molecule has 3 heterocycles. The Morgan fingerprint density at radius 2 is 2.00 bits per heavy atom. The van der Waals surface area contributed by atoms with Crippen molar-refractivity contribution in [3.05, 3.63) is 47.7 Å². The predicted octanol–water partition coefficient (Wildman–Crippen LogP) is 2.05. The Labute approximate surface area is 153 Å². The van der Waals surface area contributed by atoms with Gasteiger partial charge in [-0.3, -0.25) is 9.69 Å². The highest BCUT2D eigenvalue weighted by molar-refractivity contribution is 5.95. The summed E-state index contributed by atoms with van der Waals surface area (Å²) in [6.45, 7) is 5.38. The number of hydrogen-bond acceptors (Lipinski definition) is 5. The smallest absolute Gasteiger partial charge is 0.251 e. The van der Waals surface area contributed by atoms with Gasteiger partial charge in [-0.25, -0.2) is 0 Å². The maximum atomic E-state index is 12.8. The molecule has 1 N–H and O–H groups in total. The molecule has 6 heteroatoms. The van der Waals surface area contributed by atoms with Crippen LogP contribution in [0.2, 0.25) is 0 Å². The number of amides is 1. The summed E-state index contributed by atoms with van der Waals surface area (Å²) in [4.78, 5) is 15.2. The molecule has 2 unspecified atom stereocenters. The highest BCUT2D eigenvalue weighted by atomic mass is 16.5. The number of aromatic nitrogens is 2. The summed E-state index contributed by atoms with van der Waals surface area (Å²) in [7, 11) is 0. The van der Waals surface area contributed by atoms with Crippen LogP contribution < -0.4 is 5.32 Å². The lowest BCUT2D eigenvalue weighted by atomic mass is 10.1. The Kier molecular flexibility index (Phi) is 4.95. The summed E-state index contributed by atoms with van der Waals surface area (Å²) in [6, 6.07) is 11.7. The van der Waals surface area contributed by atoms with Crippen LogP contribution in [0.15, 0.2) is 36.4 Å². The van der Waals surface area contributed by atoms with E-state index in [4.69, 9.17) is 4.74 Å². The van der Waals surface area contributed by atoms with Crippen LogP contribution in [-0.4, -0.2) is 59.4 Å². The molecule has 2 aliphatic heterocycles. The quantitative estimate of drug-likeness (QED) is 0.912. The Morgan fingerprint density at radius 3 is 2.77 bits per heavy atom. The van der Waals surface area contributed by atoms with Gasteiger partial charge in [0.25, 0.3) is 5.91 Å². The van der Waals surface area contributed by atoms with E-state index >= 15 is 0 Å². The van der Waals surface area contributed by atoms with Crippen LogP contribution in [0.4, 0.5) is 0 Å². The molecule has 1 amide bonds. The van der Waals surface area contributed by atoms with Crippen molar-refractivity contribution in [3.8, 4) is 11.3 Å². The molecular formula is C20H24N4O2. The van der Waals surface area contributed by atoms with Gasteiger partial charge in [-0.15, -0.1) is 0 Å². The Balaban J connectivity index is 1.48. The average Bonchev–Trinajstić information content (AvgIpc) is 3.34. The van der Waals surface area contributed by atoms with Crippen LogP contribution in [0.25, 0.3) is 11.3 Å². The molecule has 0 bridgehead atoms. The van der Waals surface area contributed by atoms with E-state index in [-0.39, 0.29) is 18.0 Å². The highest BCUT2D eigenvalue weighted by Crippen LogP contribution is 2.21. The third kappa shape index (κ3) is 3.61. The summed E-state index contributed by atoms with van der Waals surface area (Å²) in [5.74, 6) is -0.0633. The Morgan fingerprint density at radius 1 is 1.15 bits per heavy atom. The second-order valence-corrected chi connectivity index (χ2v) is 7.07. The van der Waals surface area contributed by atoms with E-state index < -0.39 is 0 Å². The molecule has 6 nitrogen and oxygen atoms in total. The van der Waals surface area contributed by atoms with Crippen LogP contribution in [0.1, 0.15) is 28.9 Å². The summed E-state index contributed by atoms with van der Waals surface area (Å²) in [5, 5.41) is 11.5. The van der Waals surface area contributed by atoms with Gasteiger partial charge >= 0.3 is 0 Å². The van der Waals surface area contributed by atoms with Crippen molar-refractivity contribution in [2.24, 2.45) is 0 Å². The molecule has 2 fully saturated rings. The second-order valence-electron chi connectivity index (χ2n) is 7.07. The number of carbonyl (C=O) groups is 1. The van der Waals surface area contributed by atoms with Gasteiger partial charge in [0.05, 0.1) is 36.7 Å². The number of aryl methyl sites for hydroxylation is 1. The van der Waals surface area contributed by atoms with Crippen molar-refractivity contribution in [1.82, 2.24) is 20.4 Å². The molecule has 0 aliphatic carbocycles. The Bertz CT molecular complexity index is 772. The van der Waals surface area contributed by atoms with Gasteiger partial charge in [0.15, 0.2) is 0 Å². The molecule has 1 aromatic carbocycles.